The number of benzene rings is 2. The Kier molecular flexibility index (Phi) is 6.49. The number of carbonyl (C=O) groups excluding carboxylic acids is 2. The fraction of sp³-hybridized carbons (Fsp3) is 0.333. The smallest absolute Gasteiger partial charge is 0.330 e. The Labute approximate surface area is 171 Å². The maximum absolute atomic E-state index is 13.4. The molecule has 2 aromatic carbocycles. The van der Waals surface area contributed by atoms with E-state index in [1.54, 1.807) is 13.8 Å². The van der Waals surface area contributed by atoms with Gasteiger partial charge in [-0.15, -0.1) is 0 Å². The summed E-state index contributed by atoms with van der Waals surface area (Å²) in [6.45, 7) is 5.57. The fourth-order valence-corrected chi connectivity index (χ4v) is 3.79. The van der Waals surface area contributed by atoms with Crippen LogP contribution in [0.4, 0.5) is 0 Å². The highest BCUT2D eigenvalue weighted by Gasteiger charge is 2.64. The van der Waals surface area contributed by atoms with Gasteiger partial charge in [-0.05, 0) is 37.5 Å². The van der Waals surface area contributed by atoms with Crippen molar-refractivity contribution in [1.29, 1.82) is 0 Å². The second kappa shape index (κ2) is 9.05. The van der Waals surface area contributed by atoms with Crippen molar-refractivity contribution in [2.45, 2.75) is 33.0 Å². The average molecular weight is 394 g/mol. The molecule has 5 heteroatoms. The minimum absolute atomic E-state index is 0.147. The monoisotopic (exact) mass is 394 g/mol. The van der Waals surface area contributed by atoms with E-state index in [1.165, 1.54) is 0 Å². The first kappa shape index (κ1) is 20.8. The number of esters is 2. The lowest BCUT2D eigenvalue weighted by atomic mass is 9.72. The molecule has 2 unspecified atom stereocenters. The molecular formula is C24H26O5. The van der Waals surface area contributed by atoms with Crippen molar-refractivity contribution < 1.29 is 23.8 Å². The summed E-state index contributed by atoms with van der Waals surface area (Å²) in [7, 11) is 0. The third-order valence-electron chi connectivity index (χ3n) is 5.05. The highest BCUT2D eigenvalue weighted by molar-refractivity contribution is 6.06. The number of hydrogen-bond acceptors (Lipinski definition) is 5. The number of hydrogen-bond donors (Lipinski definition) is 0. The molecule has 0 spiro atoms. The Hall–Kier alpha value is -2.92. The molecule has 0 amide bonds. The SMILES string of the molecule is CCOC(=O)C1(C(=O)OCC)/C(=C/c2ccccc2)C(C)OC1c1ccccc1. The minimum atomic E-state index is -1.71. The number of carbonyl (C=O) groups is 2. The summed E-state index contributed by atoms with van der Waals surface area (Å²) in [4.78, 5) is 26.7. The second-order valence-electron chi connectivity index (χ2n) is 6.83. The van der Waals surface area contributed by atoms with E-state index in [0.717, 1.165) is 11.1 Å². The summed E-state index contributed by atoms with van der Waals surface area (Å²) >= 11 is 0. The lowest BCUT2D eigenvalue weighted by Crippen LogP contribution is -2.46. The van der Waals surface area contributed by atoms with E-state index in [4.69, 9.17) is 14.2 Å². The van der Waals surface area contributed by atoms with Gasteiger partial charge in [0.25, 0.3) is 0 Å². The molecule has 0 aromatic heterocycles. The lowest BCUT2D eigenvalue weighted by Gasteiger charge is -2.30. The lowest BCUT2D eigenvalue weighted by molar-refractivity contribution is -0.174. The molecule has 0 saturated carbocycles. The van der Waals surface area contributed by atoms with Gasteiger partial charge in [0, 0.05) is 0 Å². The van der Waals surface area contributed by atoms with Gasteiger partial charge in [-0.2, -0.15) is 0 Å². The van der Waals surface area contributed by atoms with Crippen LogP contribution >= 0.6 is 0 Å². The molecule has 2 atom stereocenters. The molecule has 1 fully saturated rings. The molecule has 3 rings (SSSR count). The van der Waals surface area contributed by atoms with Gasteiger partial charge in [-0.1, -0.05) is 66.7 Å². The quantitative estimate of drug-likeness (QED) is 0.539. The molecule has 29 heavy (non-hydrogen) atoms. The maximum atomic E-state index is 13.4. The summed E-state index contributed by atoms with van der Waals surface area (Å²) in [6, 6.07) is 18.8. The van der Waals surface area contributed by atoms with Gasteiger partial charge in [0.15, 0.2) is 0 Å². The van der Waals surface area contributed by atoms with Gasteiger partial charge in [0.1, 0.15) is 6.10 Å². The van der Waals surface area contributed by atoms with Crippen LogP contribution in [-0.4, -0.2) is 31.3 Å². The van der Waals surface area contributed by atoms with Crippen LogP contribution in [-0.2, 0) is 23.8 Å². The molecule has 1 heterocycles. The van der Waals surface area contributed by atoms with Crippen LogP contribution in [0.15, 0.2) is 66.2 Å². The molecule has 0 bridgehead atoms. The molecule has 152 valence electrons. The molecule has 2 aromatic rings. The molecule has 0 aliphatic carbocycles. The van der Waals surface area contributed by atoms with Gasteiger partial charge in [-0.3, -0.25) is 9.59 Å². The van der Waals surface area contributed by atoms with Crippen LogP contribution in [0.25, 0.3) is 6.08 Å². The minimum Gasteiger partial charge on any atom is -0.465 e. The molecule has 0 radical (unpaired) electrons. The Bertz CT molecular complexity index is 855. The third kappa shape index (κ3) is 3.83. The highest BCUT2D eigenvalue weighted by Crippen LogP contribution is 2.54. The van der Waals surface area contributed by atoms with Gasteiger partial charge in [0.2, 0.25) is 5.41 Å². The van der Waals surface area contributed by atoms with E-state index in [9.17, 15) is 9.59 Å². The molecule has 5 nitrogen and oxygen atoms in total. The maximum Gasteiger partial charge on any atom is 0.330 e. The normalized spacial score (nSPS) is 21.7. The van der Waals surface area contributed by atoms with Crippen molar-refractivity contribution in [3.8, 4) is 0 Å². The van der Waals surface area contributed by atoms with Crippen molar-refractivity contribution in [2.24, 2.45) is 5.41 Å². The van der Waals surface area contributed by atoms with Crippen LogP contribution in [0, 0.1) is 5.41 Å². The van der Waals surface area contributed by atoms with Crippen molar-refractivity contribution in [1.82, 2.24) is 0 Å². The van der Waals surface area contributed by atoms with Gasteiger partial charge in [-0.25, -0.2) is 0 Å². The summed E-state index contributed by atoms with van der Waals surface area (Å²) < 4.78 is 17.0. The zero-order valence-electron chi connectivity index (χ0n) is 17.0. The second-order valence-corrected chi connectivity index (χ2v) is 6.83. The average Bonchev–Trinajstić information content (AvgIpc) is 3.03. The predicted octanol–water partition coefficient (Wildman–Crippen LogP) is 4.34. The van der Waals surface area contributed by atoms with E-state index in [-0.39, 0.29) is 13.2 Å². The van der Waals surface area contributed by atoms with Crippen LogP contribution in [0.2, 0.25) is 0 Å². The summed E-state index contributed by atoms with van der Waals surface area (Å²) in [5, 5.41) is 0. The topological polar surface area (TPSA) is 61.8 Å². The summed E-state index contributed by atoms with van der Waals surface area (Å²) in [6.07, 6.45) is 0.516. The molecule has 1 aliphatic rings. The van der Waals surface area contributed by atoms with Crippen LogP contribution in [0.5, 0.6) is 0 Å². The predicted molar refractivity (Wildman–Crippen MR) is 110 cm³/mol. The first-order valence-electron chi connectivity index (χ1n) is 9.87. The number of ether oxygens (including phenoxy) is 3. The Morgan fingerprint density at radius 2 is 1.45 bits per heavy atom. The van der Waals surface area contributed by atoms with Gasteiger partial charge >= 0.3 is 11.9 Å². The third-order valence-corrected chi connectivity index (χ3v) is 5.05. The highest BCUT2D eigenvalue weighted by atomic mass is 16.6. The fourth-order valence-electron chi connectivity index (χ4n) is 3.79. The molecule has 0 N–H and O–H groups in total. The van der Waals surface area contributed by atoms with Gasteiger partial charge < -0.3 is 14.2 Å². The van der Waals surface area contributed by atoms with E-state index in [1.807, 2.05) is 73.7 Å². The van der Waals surface area contributed by atoms with E-state index in [2.05, 4.69) is 0 Å². The number of rotatable bonds is 6. The van der Waals surface area contributed by atoms with Crippen molar-refractivity contribution in [2.75, 3.05) is 13.2 Å². The van der Waals surface area contributed by atoms with E-state index >= 15 is 0 Å². The molecular weight excluding hydrogens is 368 g/mol. The van der Waals surface area contributed by atoms with Gasteiger partial charge in [0.05, 0.1) is 19.3 Å². The van der Waals surface area contributed by atoms with E-state index in [0.29, 0.717) is 5.57 Å². The van der Waals surface area contributed by atoms with E-state index < -0.39 is 29.6 Å². The van der Waals surface area contributed by atoms with Crippen molar-refractivity contribution in [3.05, 3.63) is 77.4 Å². The van der Waals surface area contributed by atoms with Crippen LogP contribution in [0.3, 0.4) is 0 Å². The molecule has 1 aliphatic heterocycles. The summed E-state index contributed by atoms with van der Waals surface area (Å²) in [5.74, 6) is -1.31. The first-order valence-corrected chi connectivity index (χ1v) is 9.87. The Morgan fingerprint density at radius 1 is 0.931 bits per heavy atom. The Balaban J connectivity index is 2.26. The zero-order chi connectivity index (χ0) is 20.9. The van der Waals surface area contributed by atoms with Crippen LogP contribution in [0.1, 0.15) is 38.0 Å². The molecule has 1 saturated heterocycles. The standard InChI is InChI=1S/C24H26O5/c1-4-27-22(25)24(23(26)28-5-2)20(16-18-12-8-6-9-13-18)17(3)29-21(24)19-14-10-7-11-15-19/h6-17,21H,4-5H2,1-3H3/b20-16+. The largest absolute Gasteiger partial charge is 0.465 e. The van der Waals surface area contributed by atoms with Crippen molar-refractivity contribution in [3.63, 3.8) is 0 Å². The zero-order valence-corrected chi connectivity index (χ0v) is 17.0. The summed E-state index contributed by atoms with van der Waals surface area (Å²) in [5.41, 5.74) is 0.416. The van der Waals surface area contributed by atoms with Crippen molar-refractivity contribution >= 4 is 18.0 Å². The Morgan fingerprint density at radius 3 is 1.97 bits per heavy atom. The van der Waals surface area contributed by atoms with Crippen LogP contribution < -0.4 is 0 Å². The first-order chi connectivity index (χ1) is 14.1.